The highest BCUT2D eigenvalue weighted by atomic mass is 31.2. The number of hydrogen-bond acceptors (Lipinski definition) is 3. The predicted octanol–water partition coefficient (Wildman–Crippen LogP) is 1.16. The molecule has 0 aromatic carbocycles. The van der Waals surface area contributed by atoms with Gasteiger partial charge in [0, 0.05) is 20.8 Å². The van der Waals surface area contributed by atoms with Gasteiger partial charge in [-0.25, -0.2) is 0 Å². The molecule has 11 heavy (non-hydrogen) atoms. The third-order valence-electron chi connectivity index (χ3n) is 1.43. The van der Waals surface area contributed by atoms with Crippen LogP contribution in [0.1, 0.15) is 0 Å². The van der Waals surface area contributed by atoms with Crippen molar-refractivity contribution in [1.29, 1.82) is 0 Å². The third-order valence-corrected chi connectivity index (χ3v) is 3.71. The SMILES string of the molecule is CN=P(C)(NC)OCCOC. The van der Waals surface area contributed by atoms with Gasteiger partial charge >= 0.3 is 0 Å². The van der Waals surface area contributed by atoms with E-state index in [0.29, 0.717) is 13.2 Å². The topological polar surface area (TPSA) is 42.9 Å². The minimum atomic E-state index is -1.67. The normalized spacial score (nSPS) is 16.0. The summed E-state index contributed by atoms with van der Waals surface area (Å²) >= 11 is 0. The Morgan fingerprint density at radius 3 is 2.45 bits per heavy atom. The number of nitrogens with one attached hydrogen (secondary N) is 1. The molecule has 0 amide bonds. The molecule has 1 N–H and O–H groups in total. The average Bonchev–Trinajstić information content (AvgIpc) is 2.05. The molecule has 0 fully saturated rings. The van der Waals surface area contributed by atoms with Crippen molar-refractivity contribution in [2.75, 3.05) is 41.1 Å². The standard InChI is InChI=1S/C6H17N2O2P/c1-7-11(4,8-2)10-6-5-9-3/h7H,5-6H2,1-4H3. The van der Waals surface area contributed by atoms with Gasteiger partial charge in [-0.15, -0.1) is 0 Å². The van der Waals surface area contributed by atoms with E-state index in [1.165, 1.54) is 0 Å². The Labute approximate surface area is 68.5 Å². The molecule has 0 aliphatic carbocycles. The summed E-state index contributed by atoms with van der Waals surface area (Å²) in [5.41, 5.74) is 0. The number of hydrogen-bond donors (Lipinski definition) is 1. The Balaban J connectivity index is 3.71. The van der Waals surface area contributed by atoms with Crippen LogP contribution in [0.2, 0.25) is 0 Å². The van der Waals surface area contributed by atoms with Crippen molar-refractivity contribution in [2.45, 2.75) is 0 Å². The van der Waals surface area contributed by atoms with E-state index < -0.39 is 7.43 Å². The molecule has 0 saturated heterocycles. The number of rotatable bonds is 5. The van der Waals surface area contributed by atoms with Crippen LogP contribution in [-0.4, -0.2) is 41.1 Å². The molecule has 0 spiro atoms. The lowest BCUT2D eigenvalue weighted by molar-refractivity contribution is 0.151. The van der Waals surface area contributed by atoms with Gasteiger partial charge in [-0.1, -0.05) is 0 Å². The number of ether oxygens (including phenoxy) is 1. The quantitative estimate of drug-likeness (QED) is 0.510. The fourth-order valence-corrected chi connectivity index (χ4v) is 1.40. The summed E-state index contributed by atoms with van der Waals surface area (Å²) in [4.78, 5) is 0. The second-order valence-corrected chi connectivity index (χ2v) is 4.99. The molecule has 0 radical (unpaired) electrons. The molecule has 0 saturated carbocycles. The van der Waals surface area contributed by atoms with Crippen LogP contribution in [0.3, 0.4) is 0 Å². The molecule has 0 aromatic rings. The largest absolute Gasteiger partial charge is 0.382 e. The van der Waals surface area contributed by atoms with E-state index in [9.17, 15) is 0 Å². The Morgan fingerprint density at radius 1 is 1.45 bits per heavy atom. The van der Waals surface area contributed by atoms with Gasteiger partial charge in [0.25, 0.3) is 0 Å². The molecular weight excluding hydrogens is 163 g/mol. The second-order valence-electron chi connectivity index (χ2n) is 2.13. The Hall–Kier alpha value is 0.110. The van der Waals surface area contributed by atoms with Crippen LogP contribution in [0, 0.1) is 0 Å². The summed E-state index contributed by atoms with van der Waals surface area (Å²) in [7, 11) is 3.60. The van der Waals surface area contributed by atoms with Crippen LogP contribution in [0.4, 0.5) is 0 Å². The first-order valence-corrected chi connectivity index (χ1v) is 5.59. The smallest absolute Gasteiger partial charge is 0.147 e. The molecule has 0 heterocycles. The van der Waals surface area contributed by atoms with Gasteiger partial charge in [0.1, 0.15) is 7.43 Å². The molecule has 4 nitrogen and oxygen atoms in total. The zero-order valence-electron chi connectivity index (χ0n) is 7.63. The molecule has 5 heteroatoms. The summed E-state index contributed by atoms with van der Waals surface area (Å²) in [6.45, 7) is 3.19. The highest BCUT2D eigenvalue weighted by Crippen LogP contribution is 2.39. The fraction of sp³-hybridized carbons (Fsp3) is 1.00. The zero-order chi connectivity index (χ0) is 8.74. The van der Waals surface area contributed by atoms with Crippen molar-refractivity contribution in [1.82, 2.24) is 5.09 Å². The lowest BCUT2D eigenvalue weighted by atomic mass is 10.8. The molecular formula is C6H17N2O2P. The van der Waals surface area contributed by atoms with Crippen molar-refractivity contribution < 1.29 is 9.26 Å². The van der Waals surface area contributed by atoms with Gasteiger partial charge in [0.15, 0.2) is 0 Å². The van der Waals surface area contributed by atoms with E-state index in [0.717, 1.165) is 0 Å². The van der Waals surface area contributed by atoms with Crippen molar-refractivity contribution in [3.05, 3.63) is 0 Å². The molecule has 1 atom stereocenters. The molecule has 0 bridgehead atoms. The Kier molecular flexibility index (Phi) is 5.78. The summed E-state index contributed by atoms with van der Waals surface area (Å²) in [5, 5.41) is 3.05. The van der Waals surface area contributed by atoms with Gasteiger partial charge in [0.05, 0.1) is 13.2 Å². The van der Waals surface area contributed by atoms with Crippen LogP contribution in [0.5, 0.6) is 0 Å². The maximum Gasteiger partial charge on any atom is 0.147 e. The monoisotopic (exact) mass is 180 g/mol. The second kappa shape index (κ2) is 5.72. The summed E-state index contributed by atoms with van der Waals surface area (Å²) < 4.78 is 14.5. The van der Waals surface area contributed by atoms with E-state index in [-0.39, 0.29) is 0 Å². The van der Waals surface area contributed by atoms with E-state index in [1.807, 2.05) is 13.7 Å². The molecule has 0 rings (SSSR count). The minimum absolute atomic E-state index is 0.596. The van der Waals surface area contributed by atoms with Crippen molar-refractivity contribution in [3.8, 4) is 0 Å². The van der Waals surface area contributed by atoms with Crippen LogP contribution < -0.4 is 5.09 Å². The lowest BCUT2D eigenvalue weighted by Gasteiger charge is -2.17. The van der Waals surface area contributed by atoms with Gasteiger partial charge in [-0.3, -0.25) is 9.83 Å². The Morgan fingerprint density at radius 2 is 2.09 bits per heavy atom. The lowest BCUT2D eigenvalue weighted by Crippen LogP contribution is -2.08. The summed E-state index contributed by atoms with van der Waals surface area (Å²) in [6, 6.07) is 0. The van der Waals surface area contributed by atoms with Gasteiger partial charge in [-0.05, 0) is 7.05 Å². The third kappa shape index (κ3) is 4.53. The van der Waals surface area contributed by atoms with E-state index >= 15 is 0 Å². The van der Waals surface area contributed by atoms with Crippen LogP contribution in [0.15, 0.2) is 4.74 Å². The van der Waals surface area contributed by atoms with Crippen LogP contribution >= 0.6 is 7.43 Å². The highest BCUT2D eigenvalue weighted by Gasteiger charge is 2.07. The van der Waals surface area contributed by atoms with Gasteiger partial charge < -0.3 is 9.26 Å². The number of methoxy groups -OCH3 is 1. The maximum atomic E-state index is 5.48. The highest BCUT2D eigenvalue weighted by molar-refractivity contribution is 7.58. The maximum absolute atomic E-state index is 5.48. The summed E-state index contributed by atoms with van der Waals surface area (Å²) in [5.74, 6) is 0. The zero-order valence-corrected chi connectivity index (χ0v) is 8.52. The van der Waals surface area contributed by atoms with Crippen molar-refractivity contribution in [3.63, 3.8) is 0 Å². The molecule has 0 aliphatic rings. The van der Waals surface area contributed by atoms with E-state index in [2.05, 4.69) is 9.83 Å². The molecule has 0 aromatic heterocycles. The average molecular weight is 180 g/mol. The van der Waals surface area contributed by atoms with Crippen LogP contribution in [0.25, 0.3) is 0 Å². The van der Waals surface area contributed by atoms with Crippen molar-refractivity contribution in [2.24, 2.45) is 4.74 Å². The van der Waals surface area contributed by atoms with Gasteiger partial charge in [0.2, 0.25) is 0 Å². The predicted molar refractivity (Wildman–Crippen MR) is 48.1 cm³/mol. The molecule has 0 aliphatic heterocycles. The van der Waals surface area contributed by atoms with Gasteiger partial charge in [-0.2, -0.15) is 0 Å². The van der Waals surface area contributed by atoms with Crippen LogP contribution in [-0.2, 0) is 9.26 Å². The Bertz CT molecular complexity index is 150. The van der Waals surface area contributed by atoms with E-state index in [4.69, 9.17) is 9.26 Å². The summed E-state index contributed by atoms with van der Waals surface area (Å²) in [6.07, 6.45) is 0. The first-order valence-electron chi connectivity index (χ1n) is 3.49. The number of nitrogens with zero attached hydrogens (tertiary/aromatic N) is 1. The molecule has 68 valence electrons. The fourth-order valence-electron chi connectivity index (χ4n) is 0.521. The molecule has 1 unspecified atom stereocenters. The first kappa shape index (κ1) is 11.1. The minimum Gasteiger partial charge on any atom is -0.382 e. The van der Waals surface area contributed by atoms with Crippen molar-refractivity contribution >= 4 is 7.43 Å². The van der Waals surface area contributed by atoms with E-state index in [1.54, 1.807) is 14.2 Å². The first-order chi connectivity index (χ1) is 5.18.